The topological polar surface area (TPSA) is 74.6 Å². The zero-order valence-electron chi connectivity index (χ0n) is 15.2. The first-order chi connectivity index (χ1) is 11.6. The van der Waals surface area contributed by atoms with E-state index in [1.807, 2.05) is 0 Å². The van der Waals surface area contributed by atoms with Gasteiger partial charge in [0.15, 0.2) is 0 Å². The van der Waals surface area contributed by atoms with Crippen LogP contribution in [0.4, 0.5) is 0 Å². The van der Waals surface area contributed by atoms with Crippen LogP contribution in [0, 0.1) is 5.92 Å². The minimum Gasteiger partial charge on any atom is -0.481 e. The molecule has 138 valence electrons. The van der Waals surface area contributed by atoms with Crippen molar-refractivity contribution in [1.82, 2.24) is 0 Å². The predicted octanol–water partition coefficient (Wildman–Crippen LogP) is 5.56. The average molecular weight is 338 g/mol. The van der Waals surface area contributed by atoms with Crippen molar-refractivity contribution in [3.8, 4) is 0 Å². The minimum atomic E-state index is -0.721. The minimum absolute atomic E-state index is 0.257. The van der Waals surface area contributed by atoms with Gasteiger partial charge in [0.2, 0.25) is 0 Å². The highest BCUT2D eigenvalue weighted by molar-refractivity contribution is 5.84. The van der Waals surface area contributed by atoms with Crippen LogP contribution in [0.3, 0.4) is 0 Å². The van der Waals surface area contributed by atoms with Crippen molar-refractivity contribution in [3.63, 3.8) is 0 Å². The summed E-state index contributed by atoms with van der Waals surface area (Å²) in [5, 5.41) is 17.9. The van der Waals surface area contributed by atoms with Crippen LogP contribution in [0.5, 0.6) is 0 Å². The fourth-order valence-electron chi connectivity index (χ4n) is 3.44. The number of carboxylic acid groups (broad SMARTS) is 2. The molecule has 4 nitrogen and oxygen atoms in total. The number of carboxylic acids is 2. The van der Waals surface area contributed by atoms with E-state index in [0.29, 0.717) is 0 Å². The molecule has 0 amide bonds. The van der Waals surface area contributed by atoms with E-state index in [0.717, 1.165) is 51.4 Å². The molecule has 0 aromatic carbocycles. The van der Waals surface area contributed by atoms with E-state index in [4.69, 9.17) is 5.11 Å². The third-order valence-corrected chi connectivity index (χ3v) is 4.91. The summed E-state index contributed by atoms with van der Waals surface area (Å²) in [6.07, 6.45) is 14.5. The van der Waals surface area contributed by atoms with Crippen molar-refractivity contribution in [2.75, 3.05) is 0 Å². The number of hydrogen-bond donors (Lipinski definition) is 2. The number of hydrogen-bond acceptors (Lipinski definition) is 2. The molecule has 0 radical (unpaired) electrons. The third kappa shape index (κ3) is 8.51. The molecule has 1 aliphatic rings. The Hall–Kier alpha value is -1.32. The zero-order chi connectivity index (χ0) is 17.8. The first-order valence-electron chi connectivity index (χ1n) is 9.74. The van der Waals surface area contributed by atoms with Crippen LogP contribution in [0.2, 0.25) is 0 Å². The van der Waals surface area contributed by atoms with E-state index in [-0.39, 0.29) is 12.3 Å². The number of carbonyl (C=O) groups is 2. The van der Waals surface area contributed by atoms with E-state index in [9.17, 15) is 14.7 Å². The maximum absolute atomic E-state index is 11.3. The lowest BCUT2D eigenvalue weighted by Crippen LogP contribution is -2.02. The lowest BCUT2D eigenvalue weighted by molar-refractivity contribution is -0.138. The summed E-state index contributed by atoms with van der Waals surface area (Å²) < 4.78 is 0. The molecule has 0 aliphatic heterocycles. The molecule has 0 saturated carbocycles. The molecule has 0 fully saturated rings. The Morgan fingerprint density at radius 1 is 0.750 bits per heavy atom. The summed E-state index contributed by atoms with van der Waals surface area (Å²) in [6, 6.07) is 0. The quantitative estimate of drug-likeness (QED) is 0.285. The Bertz CT molecular complexity index is 425. The van der Waals surface area contributed by atoms with Crippen LogP contribution in [0.15, 0.2) is 11.1 Å². The van der Waals surface area contributed by atoms with Crippen LogP contribution in [0.1, 0.15) is 96.8 Å². The number of rotatable bonds is 16. The number of unbranched alkanes of at least 4 members (excludes halogenated alkanes) is 9. The molecule has 1 unspecified atom stereocenters. The highest BCUT2D eigenvalue weighted by atomic mass is 16.4. The Kier molecular flexibility index (Phi) is 10.4. The van der Waals surface area contributed by atoms with Crippen molar-refractivity contribution in [3.05, 3.63) is 11.1 Å². The van der Waals surface area contributed by atoms with E-state index < -0.39 is 11.9 Å². The molecule has 0 aromatic heterocycles. The third-order valence-electron chi connectivity index (χ3n) is 4.91. The highest BCUT2D eigenvalue weighted by Gasteiger charge is 2.40. The Balaban J connectivity index is 2.12. The summed E-state index contributed by atoms with van der Waals surface area (Å²) in [5.41, 5.74) is 2.38. The van der Waals surface area contributed by atoms with E-state index >= 15 is 0 Å². The number of aliphatic carboxylic acids is 2. The molecule has 0 aromatic rings. The maximum Gasteiger partial charge on any atom is 0.314 e. The maximum atomic E-state index is 11.3. The van der Waals surface area contributed by atoms with Gasteiger partial charge < -0.3 is 10.2 Å². The lowest BCUT2D eigenvalue weighted by Gasteiger charge is -1.99. The van der Waals surface area contributed by atoms with Gasteiger partial charge in [0, 0.05) is 6.42 Å². The summed E-state index contributed by atoms with van der Waals surface area (Å²) in [5.74, 6) is -1.65. The van der Waals surface area contributed by atoms with Gasteiger partial charge in [0.1, 0.15) is 0 Å². The summed E-state index contributed by atoms with van der Waals surface area (Å²) >= 11 is 0. The molecule has 0 saturated heterocycles. The molecule has 1 aliphatic carbocycles. The molecular weight excluding hydrogens is 304 g/mol. The summed E-state index contributed by atoms with van der Waals surface area (Å²) in [6.45, 7) is 2.21. The van der Waals surface area contributed by atoms with Crippen molar-refractivity contribution in [1.29, 1.82) is 0 Å². The van der Waals surface area contributed by atoms with Crippen LogP contribution in [-0.2, 0) is 9.59 Å². The molecule has 24 heavy (non-hydrogen) atoms. The molecule has 1 atom stereocenters. The van der Waals surface area contributed by atoms with E-state index in [1.54, 1.807) is 0 Å². The zero-order valence-corrected chi connectivity index (χ0v) is 15.2. The second kappa shape index (κ2) is 12.1. The van der Waals surface area contributed by atoms with Crippen LogP contribution < -0.4 is 0 Å². The fraction of sp³-hybridized carbons (Fsp3) is 0.800. The lowest BCUT2D eigenvalue weighted by atomic mass is 10.1. The van der Waals surface area contributed by atoms with Gasteiger partial charge in [-0.15, -0.1) is 0 Å². The summed E-state index contributed by atoms with van der Waals surface area (Å²) in [4.78, 5) is 21.7. The van der Waals surface area contributed by atoms with Crippen molar-refractivity contribution in [2.45, 2.75) is 96.8 Å². The normalized spacial score (nSPS) is 16.5. The molecule has 4 heteroatoms. The molecule has 1 rings (SSSR count). The van der Waals surface area contributed by atoms with Crippen molar-refractivity contribution in [2.24, 2.45) is 5.92 Å². The monoisotopic (exact) mass is 338 g/mol. The van der Waals surface area contributed by atoms with Gasteiger partial charge in [-0.2, -0.15) is 0 Å². The molecule has 0 heterocycles. The predicted molar refractivity (Wildman–Crippen MR) is 96.1 cm³/mol. The Morgan fingerprint density at radius 3 is 1.67 bits per heavy atom. The fourth-order valence-corrected chi connectivity index (χ4v) is 3.44. The van der Waals surface area contributed by atoms with Crippen LogP contribution in [0.25, 0.3) is 0 Å². The Labute approximate surface area is 146 Å². The molecule has 0 bridgehead atoms. The summed E-state index contributed by atoms with van der Waals surface area (Å²) in [7, 11) is 0. The standard InChI is InChI=1S/C20H34O4/c1-2-3-4-5-7-10-13-16-17(19(16)20(23)24)14-11-8-6-9-12-15-18(21)22/h19H,2-15H2,1H3,(H,21,22)(H,23,24). The van der Waals surface area contributed by atoms with Gasteiger partial charge in [0.05, 0.1) is 5.92 Å². The van der Waals surface area contributed by atoms with Gasteiger partial charge in [0.25, 0.3) is 0 Å². The van der Waals surface area contributed by atoms with Crippen LogP contribution in [-0.4, -0.2) is 22.2 Å². The smallest absolute Gasteiger partial charge is 0.314 e. The van der Waals surface area contributed by atoms with Crippen LogP contribution >= 0.6 is 0 Å². The highest BCUT2D eigenvalue weighted by Crippen LogP contribution is 2.45. The Morgan fingerprint density at radius 2 is 1.21 bits per heavy atom. The van der Waals surface area contributed by atoms with Crippen molar-refractivity contribution >= 4 is 11.9 Å². The van der Waals surface area contributed by atoms with Gasteiger partial charge in [-0.25, -0.2) is 0 Å². The van der Waals surface area contributed by atoms with Gasteiger partial charge in [-0.05, 0) is 32.1 Å². The molecule has 2 N–H and O–H groups in total. The SMILES string of the molecule is CCCCCCCCC1=C(CCCCCCCC(=O)O)C1C(=O)O. The van der Waals surface area contributed by atoms with Crippen molar-refractivity contribution < 1.29 is 19.8 Å². The van der Waals surface area contributed by atoms with Gasteiger partial charge in [-0.1, -0.05) is 69.4 Å². The largest absolute Gasteiger partial charge is 0.481 e. The van der Waals surface area contributed by atoms with Gasteiger partial charge >= 0.3 is 11.9 Å². The average Bonchev–Trinajstić information content (AvgIpc) is 3.22. The van der Waals surface area contributed by atoms with E-state index in [2.05, 4.69) is 6.92 Å². The van der Waals surface area contributed by atoms with E-state index in [1.165, 1.54) is 43.3 Å². The second-order valence-corrected chi connectivity index (χ2v) is 7.00. The first-order valence-corrected chi connectivity index (χ1v) is 9.74. The second-order valence-electron chi connectivity index (χ2n) is 7.00. The molecular formula is C20H34O4. The molecule has 0 spiro atoms. The first kappa shape index (κ1) is 20.7. The van der Waals surface area contributed by atoms with Gasteiger partial charge in [-0.3, -0.25) is 9.59 Å².